The van der Waals surface area contributed by atoms with Gasteiger partial charge in [-0.2, -0.15) is 0 Å². The van der Waals surface area contributed by atoms with Crippen molar-refractivity contribution in [2.24, 2.45) is 5.73 Å². The van der Waals surface area contributed by atoms with E-state index in [1.807, 2.05) is 5.38 Å². The maximum atomic E-state index is 11.2. The van der Waals surface area contributed by atoms with Crippen LogP contribution in [0.25, 0.3) is 0 Å². The van der Waals surface area contributed by atoms with Crippen LogP contribution in [0, 0.1) is 0 Å². The lowest BCUT2D eigenvalue weighted by atomic mass is 10.2. The summed E-state index contributed by atoms with van der Waals surface area (Å²) in [4.78, 5) is 15.5. The van der Waals surface area contributed by atoms with Crippen molar-refractivity contribution in [2.75, 3.05) is 6.54 Å². The van der Waals surface area contributed by atoms with Crippen LogP contribution < -0.4 is 11.1 Å². The van der Waals surface area contributed by atoms with Gasteiger partial charge in [-0.15, -0.1) is 17.9 Å². The standard InChI is InChI=1S/C10H15N3OS/c1-2-5-12-9(14)4-3-8-7-15-10(6-11)13-8/h2,7H,1,3-6,11H2,(H,12,14). The molecule has 1 aromatic heterocycles. The minimum absolute atomic E-state index is 0.0252. The van der Waals surface area contributed by atoms with Gasteiger partial charge in [-0.1, -0.05) is 6.08 Å². The molecule has 0 bridgehead atoms. The van der Waals surface area contributed by atoms with Gasteiger partial charge in [0.2, 0.25) is 5.91 Å². The zero-order chi connectivity index (χ0) is 11.1. The highest BCUT2D eigenvalue weighted by Crippen LogP contribution is 2.10. The Morgan fingerprint density at radius 2 is 2.53 bits per heavy atom. The Hall–Kier alpha value is -1.20. The van der Waals surface area contributed by atoms with Crippen LogP contribution in [0.2, 0.25) is 0 Å². The molecule has 4 nitrogen and oxygen atoms in total. The zero-order valence-electron chi connectivity index (χ0n) is 8.53. The fraction of sp³-hybridized carbons (Fsp3) is 0.400. The van der Waals surface area contributed by atoms with Crippen molar-refractivity contribution in [2.45, 2.75) is 19.4 Å². The Bertz CT molecular complexity index is 335. The van der Waals surface area contributed by atoms with Crippen molar-refractivity contribution in [1.82, 2.24) is 10.3 Å². The second kappa shape index (κ2) is 6.31. The van der Waals surface area contributed by atoms with Gasteiger partial charge in [0.05, 0.1) is 5.69 Å². The van der Waals surface area contributed by atoms with Gasteiger partial charge in [-0.25, -0.2) is 4.98 Å². The van der Waals surface area contributed by atoms with Crippen LogP contribution >= 0.6 is 11.3 Å². The molecule has 0 aliphatic rings. The Labute approximate surface area is 93.2 Å². The van der Waals surface area contributed by atoms with E-state index in [4.69, 9.17) is 5.73 Å². The Kier molecular flexibility index (Phi) is 5.00. The van der Waals surface area contributed by atoms with Gasteiger partial charge in [0.25, 0.3) is 0 Å². The third-order valence-corrected chi connectivity index (χ3v) is 2.75. The fourth-order valence-electron chi connectivity index (χ4n) is 1.07. The van der Waals surface area contributed by atoms with Gasteiger partial charge in [0, 0.05) is 24.9 Å². The van der Waals surface area contributed by atoms with E-state index in [1.165, 1.54) is 11.3 Å². The van der Waals surface area contributed by atoms with Crippen LogP contribution in [0.4, 0.5) is 0 Å². The normalized spacial score (nSPS) is 9.93. The number of nitrogens with zero attached hydrogens (tertiary/aromatic N) is 1. The maximum absolute atomic E-state index is 11.2. The van der Waals surface area contributed by atoms with E-state index in [0.29, 0.717) is 25.9 Å². The van der Waals surface area contributed by atoms with E-state index in [0.717, 1.165) is 10.7 Å². The molecule has 0 atom stereocenters. The number of nitrogens with two attached hydrogens (primary N) is 1. The lowest BCUT2D eigenvalue weighted by Crippen LogP contribution is -2.23. The molecule has 1 heterocycles. The minimum Gasteiger partial charge on any atom is -0.353 e. The molecule has 5 heteroatoms. The number of carbonyl (C=O) groups is 1. The predicted molar refractivity (Wildman–Crippen MR) is 61.5 cm³/mol. The molecule has 15 heavy (non-hydrogen) atoms. The topological polar surface area (TPSA) is 68.0 Å². The van der Waals surface area contributed by atoms with Crippen LogP contribution in [0.15, 0.2) is 18.0 Å². The predicted octanol–water partition coefficient (Wildman–Crippen LogP) is 0.837. The molecule has 0 saturated carbocycles. The Balaban J connectivity index is 2.30. The van der Waals surface area contributed by atoms with Gasteiger partial charge in [0.15, 0.2) is 0 Å². The molecule has 3 N–H and O–H groups in total. The highest BCUT2D eigenvalue weighted by atomic mass is 32.1. The lowest BCUT2D eigenvalue weighted by Gasteiger charge is -1.99. The van der Waals surface area contributed by atoms with Gasteiger partial charge < -0.3 is 11.1 Å². The van der Waals surface area contributed by atoms with Crippen LogP contribution in [-0.2, 0) is 17.8 Å². The van der Waals surface area contributed by atoms with Crippen LogP contribution in [0.5, 0.6) is 0 Å². The molecule has 1 rings (SSSR count). The highest BCUT2D eigenvalue weighted by Gasteiger charge is 2.04. The van der Waals surface area contributed by atoms with Crippen molar-refractivity contribution in [3.8, 4) is 0 Å². The van der Waals surface area contributed by atoms with Gasteiger partial charge in [-0.05, 0) is 6.42 Å². The maximum Gasteiger partial charge on any atom is 0.220 e. The van der Waals surface area contributed by atoms with Crippen LogP contribution in [0.3, 0.4) is 0 Å². The van der Waals surface area contributed by atoms with E-state index < -0.39 is 0 Å². The van der Waals surface area contributed by atoms with Crippen molar-refractivity contribution in [3.63, 3.8) is 0 Å². The fourth-order valence-corrected chi connectivity index (χ4v) is 1.78. The van der Waals surface area contributed by atoms with E-state index >= 15 is 0 Å². The third kappa shape index (κ3) is 4.22. The molecule has 0 radical (unpaired) electrons. The van der Waals surface area contributed by atoms with Crippen molar-refractivity contribution in [1.29, 1.82) is 0 Å². The summed E-state index contributed by atoms with van der Waals surface area (Å²) in [6.07, 6.45) is 2.79. The van der Waals surface area contributed by atoms with Crippen molar-refractivity contribution in [3.05, 3.63) is 28.7 Å². The second-order valence-electron chi connectivity index (χ2n) is 3.03. The average Bonchev–Trinajstić information content (AvgIpc) is 2.71. The number of aromatic nitrogens is 1. The van der Waals surface area contributed by atoms with Gasteiger partial charge in [-0.3, -0.25) is 4.79 Å². The van der Waals surface area contributed by atoms with E-state index in [1.54, 1.807) is 6.08 Å². The van der Waals surface area contributed by atoms with Crippen LogP contribution in [-0.4, -0.2) is 17.4 Å². The van der Waals surface area contributed by atoms with E-state index in [2.05, 4.69) is 16.9 Å². The summed E-state index contributed by atoms with van der Waals surface area (Å²) < 4.78 is 0. The molecular weight excluding hydrogens is 210 g/mol. The zero-order valence-corrected chi connectivity index (χ0v) is 9.35. The second-order valence-corrected chi connectivity index (χ2v) is 3.97. The van der Waals surface area contributed by atoms with Crippen molar-refractivity contribution < 1.29 is 4.79 Å². The molecule has 0 fully saturated rings. The molecule has 0 saturated heterocycles. The number of rotatable bonds is 6. The van der Waals surface area contributed by atoms with Gasteiger partial charge >= 0.3 is 0 Å². The summed E-state index contributed by atoms with van der Waals surface area (Å²) >= 11 is 1.54. The first-order valence-corrected chi connectivity index (χ1v) is 5.65. The number of thiazole rings is 1. The van der Waals surface area contributed by atoms with E-state index in [-0.39, 0.29) is 5.91 Å². The third-order valence-electron chi connectivity index (χ3n) is 1.83. The summed E-state index contributed by atoms with van der Waals surface area (Å²) in [5.74, 6) is 0.0252. The highest BCUT2D eigenvalue weighted by molar-refractivity contribution is 7.09. The van der Waals surface area contributed by atoms with Gasteiger partial charge in [0.1, 0.15) is 5.01 Å². The summed E-state index contributed by atoms with van der Waals surface area (Å²) in [7, 11) is 0. The molecule has 0 spiro atoms. The quantitative estimate of drug-likeness (QED) is 0.705. The molecule has 0 aromatic carbocycles. The average molecular weight is 225 g/mol. The molecule has 82 valence electrons. The molecule has 0 aliphatic carbocycles. The summed E-state index contributed by atoms with van der Waals surface area (Å²) in [5.41, 5.74) is 6.38. The Morgan fingerprint density at radius 3 is 3.13 bits per heavy atom. The SMILES string of the molecule is C=CCNC(=O)CCc1csc(CN)n1. The number of nitrogens with one attached hydrogen (secondary N) is 1. The van der Waals surface area contributed by atoms with Crippen LogP contribution in [0.1, 0.15) is 17.1 Å². The largest absolute Gasteiger partial charge is 0.353 e. The number of hydrogen-bond donors (Lipinski definition) is 2. The first-order valence-electron chi connectivity index (χ1n) is 4.77. The molecule has 0 unspecified atom stereocenters. The smallest absolute Gasteiger partial charge is 0.220 e. The summed E-state index contributed by atoms with van der Waals surface area (Å²) in [5, 5.41) is 5.58. The lowest BCUT2D eigenvalue weighted by molar-refractivity contribution is -0.120. The van der Waals surface area contributed by atoms with E-state index in [9.17, 15) is 4.79 Å². The molecule has 1 amide bonds. The number of amides is 1. The first kappa shape index (κ1) is 11.9. The van der Waals surface area contributed by atoms with Crippen molar-refractivity contribution >= 4 is 17.2 Å². The summed E-state index contributed by atoms with van der Waals surface area (Å²) in [6.45, 7) is 4.51. The summed E-state index contributed by atoms with van der Waals surface area (Å²) in [6, 6.07) is 0. The Morgan fingerprint density at radius 1 is 1.73 bits per heavy atom. The molecule has 1 aromatic rings. The molecule has 0 aliphatic heterocycles. The number of aryl methyl sites for hydroxylation is 1. The first-order chi connectivity index (χ1) is 7.26. The monoisotopic (exact) mass is 225 g/mol. The number of carbonyl (C=O) groups excluding carboxylic acids is 1. The number of hydrogen-bond acceptors (Lipinski definition) is 4. The molecular formula is C10H15N3OS. The minimum atomic E-state index is 0.0252.